The van der Waals surface area contributed by atoms with Gasteiger partial charge in [0, 0.05) is 32.3 Å². The van der Waals surface area contributed by atoms with Gasteiger partial charge in [0.25, 0.3) is 0 Å². The Morgan fingerprint density at radius 3 is 2.89 bits per heavy atom. The van der Waals surface area contributed by atoms with Crippen molar-refractivity contribution in [2.75, 3.05) is 26.4 Å². The number of carbonyl (C=O) groups excluding carboxylic acids is 1. The van der Waals surface area contributed by atoms with Crippen molar-refractivity contribution in [3.8, 4) is 0 Å². The first kappa shape index (κ1) is 15.4. The van der Waals surface area contributed by atoms with Gasteiger partial charge < -0.3 is 15.2 Å². The molecule has 0 radical (unpaired) electrons. The van der Waals surface area contributed by atoms with E-state index in [0.717, 1.165) is 25.7 Å². The Labute approximate surface area is 110 Å². The molecule has 106 valence electrons. The summed E-state index contributed by atoms with van der Waals surface area (Å²) in [6, 6.07) is 0. The van der Waals surface area contributed by atoms with Crippen molar-refractivity contribution in [3.63, 3.8) is 0 Å². The van der Waals surface area contributed by atoms with E-state index in [1.165, 1.54) is 0 Å². The average Bonchev–Trinajstić information content (AvgIpc) is 2.36. The van der Waals surface area contributed by atoms with Gasteiger partial charge in [0.2, 0.25) is 5.91 Å². The summed E-state index contributed by atoms with van der Waals surface area (Å²) < 4.78 is 5.35. The molecule has 1 rings (SSSR count). The average molecular weight is 257 g/mol. The van der Waals surface area contributed by atoms with Crippen molar-refractivity contribution in [1.29, 1.82) is 0 Å². The van der Waals surface area contributed by atoms with Gasteiger partial charge in [-0.15, -0.1) is 0 Å². The molecule has 3 unspecified atom stereocenters. The lowest BCUT2D eigenvalue weighted by molar-refractivity contribution is -0.130. The summed E-state index contributed by atoms with van der Waals surface area (Å²) in [5.41, 5.74) is 0. The Morgan fingerprint density at radius 1 is 1.50 bits per heavy atom. The molecule has 1 aliphatic heterocycles. The summed E-state index contributed by atoms with van der Waals surface area (Å²) in [6.45, 7) is 6.48. The molecule has 1 fully saturated rings. The van der Waals surface area contributed by atoms with Crippen molar-refractivity contribution < 1.29 is 14.6 Å². The van der Waals surface area contributed by atoms with E-state index in [4.69, 9.17) is 9.84 Å². The van der Waals surface area contributed by atoms with Crippen LogP contribution in [0.5, 0.6) is 0 Å². The summed E-state index contributed by atoms with van der Waals surface area (Å²) in [5.74, 6) is 0.959. The smallest absolute Gasteiger partial charge is 0.223 e. The molecule has 0 saturated carbocycles. The third kappa shape index (κ3) is 4.94. The molecule has 0 aromatic rings. The van der Waals surface area contributed by atoms with Gasteiger partial charge in [-0.25, -0.2) is 0 Å². The Hall–Kier alpha value is -0.610. The molecule has 3 atom stereocenters. The topological polar surface area (TPSA) is 58.6 Å². The number of hydrogen-bond acceptors (Lipinski definition) is 3. The number of rotatable bonds is 7. The second kappa shape index (κ2) is 8.48. The van der Waals surface area contributed by atoms with E-state index >= 15 is 0 Å². The predicted molar refractivity (Wildman–Crippen MR) is 71.2 cm³/mol. The van der Waals surface area contributed by atoms with Crippen LogP contribution in [-0.2, 0) is 9.53 Å². The molecule has 0 aliphatic carbocycles. The molecule has 4 heteroatoms. The molecular formula is C14H27NO3. The zero-order valence-corrected chi connectivity index (χ0v) is 11.7. The highest BCUT2D eigenvalue weighted by molar-refractivity contribution is 5.79. The van der Waals surface area contributed by atoms with Crippen LogP contribution in [0.1, 0.15) is 39.5 Å². The highest BCUT2D eigenvalue weighted by atomic mass is 16.5. The Bertz CT molecular complexity index is 239. The minimum Gasteiger partial charge on any atom is -0.396 e. The fourth-order valence-electron chi connectivity index (χ4n) is 2.59. The largest absolute Gasteiger partial charge is 0.396 e. The first-order valence-electron chi connectivity index (χ1n) is 7.15. The second-order valence-corrected chi connectivity index (χ2v) is 5.36. The fraction of sp³-hybridized carbons (Fsp3) is 0.929. The summed E-state index contributed by atoms with van der Waals surface area (Å²) >= 11 is 0. The standard InChI is InChI=1S/C14H27NO3/c1-3-4-12(5-7-16)9-15-14(17)13-6-8-18-10-11(13)2/h11-13,16H,3-10H2,1-2H3,(H,15,17). The van der Waals surface area contributed by atoms with Crippen LogP contribution in [0.25, 0.3) is 0 Å². The lowest BCUT2D eigenvalue weighted by atomic mass is 9.89. The van der Waals surface area contributed by atoms with Gasteiger partial charge in [0.1, 0.15) is 0 Å². The molecule has 1 aliphatic rings. The van der Waals surface area contributed by atoms with E-state index in [1.807, 2.05) is 0 Å². The monoisotopic (exact) mass is 257 g/mol. The minimum absolute atomic E-state index is 0.0927. The number of amides is 1. The fourth-order valence-corrected chi connectivity index (χ4v) is 2.59. The number of nitrogens with one attached hydrogen (secondary N) is 1. The number of aliphatic hydroxyl groups is 1. The zero-order valence-electron chi connectivity index (χ0n) is 11.7. The van der Waals surface area contributed by atoms with Crippen LogP contribution in [-0.4, -0.2) is 37.4 Å². The molecule has 1 saturated heterocycles. The second-order valence-electron chi connectivity index (χ2n) is 5.36. The van der Waals surface area contributed by atoms with E-state index in [-0.39, 0.29) is 18.4 Å². The van der Waals surface area contributed by atoms with E-state index < -0.39 is 0 Å². The van der Waals surface area contributed by atoms with Crippen molar-refractivity contribution in [3.05, 3.63) is 0 Å². The molecular weight excluding hydrogens is 230 g/mol. The van der Waals surface area contributed by atoms with E-state index in [1.54, 1.807) is 0 Å². The number of carbonyl (C=O) groups is 1. The normalized spacial score (nSPS) is 25.7. The quantitative estimate of drug-likeness (QED) is 0.728. The van der Waals surface area contributed by atoms with E-state index in [0.29, 0.717) is 31.6 Å². The first-order valence-corrected chi connectivity index (χ1v) is 7.15. The van der Waals surface area contributed by atoms with Crippen LogP contribution < -0.4 is 5.32 Å². The van der Waals surface area contributed by atoms with Gasteiger partial charge in [-0.1, -0.05) is 20.3 Å². The maximum Gasteiger partial charge on any atom is 0.223 e. The van der Waals surface area contributed by atoms with Gasteiger partial charge >= 0.3 is 0 Å². The van der Waals surface area contributed by atoms with Gasteiger partial charge in [-0.2, -0.15) is 0 Å². The summed E-state index contributed by atoms with van der Waals surface area (Å²) in [4.78, 5) is 12.1. The van der Waals surface area contributed by atoms with Crippen LogP contribution in [0.4, 0.5) is 0 Å². The third-order valence-electron chi connectivity index (χ3n) is 3.78. The first-order chi connectivity index (χ1) is 8.69. The molecule has 0 bridgehead atoms. The zero-order chi connectivity index (χ0) is 13.4. The number of aliphatic hydroxyl groups excluding tert-OH is 1. The lowest BCUT2D eigenvalue weighted by Crippen LogP contribution is -2.40. The summed E-state index contributed by atoms with van der Waals surface area (Å²) in [7, 11) is 0. The summed E-state index contributed by atoms with van der Waals surface area (Å²) in [6.07, 6.45) is 3.75. The van der Waals surface area contributed by atoms with Crippen molar-refractivity contribution >= 4 is 5.91 Å². The Balaban J connectivity index is 2.33. The van der Waals surface area contributed by atoms with Crippen LogP contribution in [0.2, 0.25) is 0 Å². The molecule has 1 heterocycles. The molecule has 0 aromatic carbocycles. The lowest BCUT2D eigenvalue weighted by Gasteiger charge is -2.28. The molecule has 0 spiro atoms. The molecule has 2 N–H and O–H groups in total. The van der Waals surface area contributed by atoms with Gasteiger partial charge in [0.15, 0.2) is 0 Å². The maximum absolute atomic E-state index is 12.1. The summed E-state index contributed by atoms with van der Waals surface area (Å²) in [5, 5.41) is 12.0. The van der Waals surface area contributed by atoms with Crippen LogP contribution >= 0.6 is 0 Å². The highest BCUT2D eigenvalue weighted by Crippen LogP contribution is 2.21. The van der Waals surface area contributed by atoms with Gasteiger partial charge in [-0.3, -0.25) is 4.79 Å². The Morgan fingerprint density at radius 2 is 2.28 bits per heavy atom. The maximum atomic E-state index is 12.1. The highest BCUT2D eigenvalue weighted by Gasteiger charge is 2.28. The van der Waals surface area contributed by atoms with Gasteiger partial charge in [0.05, 0.1) is 0 Å². The van der Waals surface area contributed by atoms with Crippen molar-refractivity contribution in [1.82, 2.24) is 5.32 Å². The van der Waals surface area contributed by atoms with Crippen molar-refractivity contribution in [2.24, 2.45) is 17.8 Å². The van der Waals surface area contributed by atoms with Crippen LogP contribution in [0.15, 0.2) is 0 Å². The number of ether oxygens (including phenoxy) is 1. The molecule has 1 amide bonds. The van der Waals surface area contributed by atoms with Crippen LogP contribution in [0, 0.1) is 17.8 Å². The minimum atomic E-state index is 0.0927. The third-order valence-corrected chi connectivity index (χ3v) is 3.78. The van der Waals surface area contributed by atoms with Crippen LogP contribution in [0.3, 0.4) is 0 Å². The van der Waals surface area contributed by atoms with E-state index in [2.05, 4.69) is 19.2 Å². The molecule has 0 aromatic heterocycles. The predicted octanol–water partition coefficient (Wildman–Crippen LogP) is 1.57. The Kier molecular flexibility index (Phi) is 7.28. The SMILES string of the molecule is CCCC(CCO)CNC(=O)C1CCOCC1C. The van der Waals surface area contributed by atoms with Gasteiger partial charge in [-0.05, 0) is 31.1 Å². The number of hydrogen-bond donors (Lipinski definition) is 2. The molecule has 4 nitrogen and oxygen atoms in total. The molecule has 18 heavy (non-hydrogen) atoms. The van der Waals surface area contributed by atoms with E-state index in [9.17, 15) is 4.79 Å². The van der Waals surface area contributed by atoms with Crippen molar-refractivity contribution in [2.45, 2.75) is 39.5 Å².